The van der Waals surface area contributed by atoms with E-state index in [1.165, 1.54) is 5.56 Å². The van der Waals surface area contributed by atoms with Gasteiger partial charge in [0.1, 0.15) is 0 Å². The molecule has 2 aromatic rings. The van der Waals surface area contributed by atoms with E-state index in [1.54, 1.807) is 11.8 Å². The fourth-order valence-electron chi connectivity index (χ4n) is 1.95. The molecule has 3 heteroatoms. The lowest BCUT2D eigenvalue weighted by Gasteiger charge is -2.13. The Bertz CT molecular complexity index is 578. The molecule has 1 amide bonds. The van der Waals surface area contributed by atoms with Gasteiger partial charge in [-0.3, -0.25) is 4.79 Å². The number of benzene rings is 2. The summed E-state index contributed by atoms with van der Waals surface area (Å²) in [7, 11) is 0. The molecule has 0 aliphatic rings. The van der Waals surface area contributed by atoms with Gasteiger partial charge in [0.15, 0.2) is 0 Å². The number of anilines is 1. The zero-order valence-corrected chi connectivity index (χ0v) is 13.5. The van der Waals surface area contributed by atoms with Crippen molar-refractivity contribution in [2.45, 2.75) is 36.8 Å². The van der Waals surface area contributed by atoms with Crippen molar-refractivity contribution in [1.82, 2.24) is 0 Å². The largest absolute Gasteiger partial charge is 0.325 e. The predicted octanol–water partition coefficient (Wildman–Crippen LogP) is 4.93. The van der Waals surface area contributed by atoms with E-state index in [0.29, 0.717) is 5.92 Å². The second-order valence-electron chi connectivity index (χ2n) is 5.34. The smallest absolute Gasteiger partial charge is 0.237 e. The maximum Gasteiger partial charge on any atom is 0.237 e. The van der Waals surface area contributed by atoms with Gasteiger partial charge in [-0.1, -0.05) is 44.2 Å². The average Bonchev–Trinajstić information content (AvgIpc) is 2.48. The number of carbonyl (C=O) groups is 1. The van der Waals surface area contributed by atoms with Crippen molar-refractivity contribution in [2.75, 3.05) is 5.32 Å². The fourth-order valence-corrected chi connectivity index (χ4v) is 2.84. The van der Waals surface area contributed by atoms with E-state index in [9.17, 15) is 4.79 Å². The second-order valence-corrected chi connectivity index (χ2v) is 6.75. The minimum absolute atomic E-state index is 0.0288. The number of nitrogens with one attached hydrogen (secondary N) is 1. The minimum Gasteiger partial charge on any atom is -0.325 e. The fraction of sp³-hybridized carbons (Fsp3) is 0.278. The number of hydrogen-bond donors (Lipinski definition) is 1. The van der Waals surface area contributed by atoms with Crippen LogP contribution in [0.5, 0.6) is 0 Å². The number of amides is 1. The van der Waals surface area contributed by atoms with Crippen LogP contribution in [0, 0.1) is 0 Å². The van der Waals surface area contributed by atoms with Gasteiger partial charge >= 0.3 is 0 Å². The van der Waals surface area contributed by atoms with E-state index in [2.05, 4.69) is 31.3 Å². The zero-order valence-electron chi connectivity index (χ0n) is 12.7. The van der Waals surface area contributed by atoms with Crippen LogP contribution in [0.1, 0.15) is 32.3 Å². The maximum atomic E-state index is 12.2. The molecule has 0 unspecified atom stereocenters. The molecule has 0 aromatic heterocycles. The molecule has 0 spiro atoms. The van der Waals surface area contributed by atoms with E-state index in [4.69, 9.17) is 0 Å². The molecule has 0 bridgehead atoms. The van der Waals surface area contributed by atoms with Crippen molar-refractivity contribution >= 4 is 23.4 Å². The maximum absolute atomic E-state index is 12.2. The molecule has 2 rings (SSSR count). The van der Waals surface area contributed by atoms with Crippen molar-refractivity contribution in [1.29, 1.82) is 0 Å². The molecule has 1 N–H and O–H groups in total. The van der Waals surface area contributed by atoms with Gasteiger partial charge in [0.05, 0.1) is 5.25 Å². The number of hydrogen-bond acceptors (Lipinski definition) is 2. The van der Waals surface area contributed by atoms with E-state index in [0.717, 1.165) is 10.6 Å². The Morgan fingerprint density at radius 3 is 2.14 bits per heavy atom. The summed E-state index contributed by atoms with van der Waals surface area (Å²) in [5.41, 5.74) is 2.13. The first-order chi connectivity index (χ1) is 10.1. The molecular formula is C18H21NOS. The van der Waals surface area contributed by atoms with Gasteiger partial charge in [-0.15, -0.1) is 11.8 Å². The van der Waals surface area contributed by atoms with Gasteiger partial charge in [-0.25, -0.2) is 0 Å². The van der Waals surface area contributed by atoms with Gasteiger partial charge in [-0.05, 0) is 42.7 Å². The summed E-state index contributed by atoms with van der Waals surface area (Å²) in [4.78, 5) is 13.3. The summed E-state index contributed by atoms with van der Waals surface area (Å²) < 4.78 is 0. The van der Waals surface area contributed by atoms with Gasteiger partial charge < -0.3 is 5.32 Å². The summed E-state index contributed by atoms with van der Waals surface area (Å²) in [6.45, 7) is 6.24. The minimum atomic E-state index is -0.128. The zero-order chi connectivity index (χ0) is 15.2. The Hall–Kier alpha value is -1.74. The highest BCUT2D eigenvalue weighted by molar-refractivity contribution is 8.00. The summed E-state index contributed by atoms with van der Waals surface area (Å²) in [6, 6.07) is 18.0. The number of carbonyl (C=O) groups excluding carboxylic acids is 1. The first-order valence-electron chi connectivity index (χ1n) is 7.19. The first kappa shape index (κ1) is 15.6. The standard InChI is InChI=1S/C18H21NOS/c1-13(2)15-9-11-16(12-10-15)19-18(20)14(3)21-17-7-5-4-6-8-17/h4-14H,1-3H3,(H,19,20)/t14-/m1/s1. The van der Waals surface area contributed by atoms with Crippen LogP contribution in [0.25, 0.3) is 0 Å². The van der Waals surface area contributed by atoms with E-state index >= 15 is 0 Å². The van der Waals surface area contributed by atoms with E-state index in [-0.39, 0.29) is 11.2 Å². The molecule has 2 nitrogen and oxygen atoms in total. The molecule has 0 saturated heterocycles. The van der Waals surface area contributed by atoms with Crippen molar-refractivity contribution in [2.24, 2.45) is 0 Å². The van der Waals surface area contributed by atoms with Crippen LogP contribution in [0.3, 0.4) is 0 Å². The highest BCUT2D eigenvalue weighted by Gasteiger charge is 2.14. The van der Waals surface area contributed by atoms with Crippen molar-refractivity contribution in [3.8, 4) is 0 Å². The quantitative estimate of drug-likeness (QED) is 0.793. The van der Waals surface area contributed by atoms with Crippen LogP contribution in [0.4, 0.5) is 5.69 Å². The normalized spacial score (nSPS) is 12.2. The molecule has 0 aliphatic carbocycles. The molecular weight excluding hydrogens is 278 g/mol. The predicted molar refractivity (Wildman–Crippen MR) is 90.9 cm³/mol. The Kier molecular flexibility index (Phi) is 5.45. The molecule has 21 heavy (non-hydrogen) atoms. The average molecular weight is 299 g/mol. The Morgan fingerprint density at radius 1 is 0.952 bits per heavy atom. The van der Waals surface area contributed by atoms with Crippen LogP contribution < -0.4 is 5.32 Å². The summed E-state index contributed by atoms with van der Waals surface area (Å²) in [6.07, 6.45) is 0. The van der Waals surface area contributed by atoms with Gasteiger partial charge in [-0.2, -0.15) is 0 Å². The van der Waals surface area contributed by atoms with Crippen molar-refractivity contribution < 1.29 is 4.79 Å². The van der Waals surface area contributed by atoms with Crippen LogP contribution in [-0.2, 0) is 4.79 Å². The second kappa shape index (κ2) is 7.32. The molecule has 1 atom stereocenters. The van der Waals surface area contributed by atoms with E-state index < -0.39 is 0 Å². The molecule has 0 heterocycles. The Balaban J connectivity index is 1.94. The van der Waals surface area contributed by atoms with Crippen LogP contribution in [0.15, 0.2) is 59.5 Å². The summed E-state index contributed by atoms with van der Waals surface area (Å²) in [5.74, 6) is 0.531. The molecule has 0 aliphatic heterocycles. The number of rotatable bonds is 5. The molecule has 0 radical (unpaired) electrons. The van der Waals surface area contributed by atoms with E-state index in [1.807, 2.05) is 49.4 Å². The lowest BCUT2D eigenvalue weighted by atomic mass is 10.0. The third-order valence-corrected chi connectivity index (χ3v) is 4.38. The topological polar surface area (TPSA) is 29.1 Å². The third-order valence-electron chi connectivity index (χ3n) is 3.27. The Labute approximate surface area is 131 Å². The molecule has 0 fully saturated rings. The highest BCUT2D eigenvalue weighted by Crippen LogP contribution is 2.24. The van der Waals surface area contributed by atoms with Crippen LogP contribution in [0.2, 0.25) is 0 Å². The van der Waals surface area contributed by atoms with Gasteiger partial charge in [0.2, 0.25) is 5.91 Å². The molecule has 0 saturated carbocycles. The van der Waals surface area contributed by atoms with Crippen molar-refractivity contribution in [3.05, 3.63) is 60.2 Å². The monoisotopic (exact) mass is 299 g/mol. The lowest BCUT2D eigenvalue weighted by Crippen LogP contribution is -2.22. The number of thioether (sulfide) groups is 1. The van der Waals surface area contributed by atoms with Crippen molar-refractivity contribution in [3.63, 3.8) is 0 Å². The Morgan fingerprint density at radius 2 is 1.57 bits per heavy atom. The SMILES string of the molecule is CC(C)c1ccc(NC(=O)[C@@H](C)Sc2ccccc2)cc1. The lowest BCUT2D eigenvalue weighted by molar-refractivity contribution is -0.115. The third kappa shape index (κ3) is 4.64. The van der Waals surface area contributed by atoms with Gasteiger partial charge in [0.25, 0.3) is 0 Å². The highest BCUT2D eigenvalue weighted by atomic mass is 32.2. The van der Waals surface area contributed by atoms with Gasteiger partial charge in [0, 0.05) is 10.6 Å². The van der Waals surface area contributed by atoms with Crippen LogP contribution in [-0.4, -0.2) is 11.2 Å². The summed E-state index contributed by atoms with van der Waals surface area (Å²) in [5, 5.41) is 2.84. The molecule has 110 valence electrons. The first-order valence-corrected chi connectivity index (χ1v) is 8.07. The van der Waals surface area contributed by atoms with Crippen LogP contribution >= 0.6 is 11.8 Å². The molecule has 2 aromatic carbocycles. The summed E-state index contributed by atoms with van der Waals surface area (Å²) >= 11 is 1.57.